The zero-order chi connectivity index (χ0) is 24.8. The standard InChI is InChI=1S/C27H26N2O5S/c1-3-33-25-17-12-20(18-26(25)34-4-2)27(30)28-21-13-15-22(16-14-21)35(31,32)29-24-11-7-9-19-8-5-6-10-23(19)24/h5-18,29H,3-4H2,1-2H3,(H,28,30). The number of anilines is 2. The van der Waals surface area contributed by atoms with Crippen molar-refractivity contribution >= 4 is 38.1 Å². The van der Waals surface area contributed by atoms with Crippen molar-refractivity contribution in [3.63, 3.8) is 0 Å². The van der Waals surface area contributed by atoms with Crippen molar-refractivity contribution in [3.8, 4) is 11.5 Å². The third-order valence-electron chi connectivity index (χ3n) is 5.26. The fraction of sp³-hybridized carbons (Fsp3) is 0.148. The van der Waals surface area contributed by atoms with Crippen LogP contribution < -0.4 is 19.5 Å². The summed E-state index contributed by atoms with van der Waals surface area (Å²) in [6, 6.07) is 24.0. The number of amides is 1. The number of carbonyl (C=O) groups is 1. The van der Waals surface area contributed by atoms with Crippen LogP contribution in [0, 0.1) is 0 Å². The zero-order valence-electron chi connectivity index (χ0n) is 19.4. The Hall–Kier alpha value is -4.04. The number of rotatable bonds is 9. The van der Waals surface area contributed by atoms with Gasteiger partial charge in [-0.2, -0.15) is 0 Å². The maximum atomic E-state index is 13.0. The molecule has 0 aliphatic heterocycles. The van der Waals surface area contributed by atoms with Gasteiger partial charge in [0.25, 0.3) is 15.9 Å². The van der Waals surface area contributed by atoms with E-state index in [4.69, 9.17) is 9.47 Å². The molecule has 4 rings (SSSR count). The van der Waals surface area contributed by atoms with E-state index in [2.05, 4.69) is 10.0 Å². The Kier molecular flexibility index (Phi) is 7.22. The minimum atomic E-state index is -3.82. The highest BCUT2D eigenvalue weighted by Gasteiger charge is 2.16. The van der Waals surface area contributed by atoms with Crippen LogP contribution in [0.15, 0.2) is 89.8 Å². The van der Waals surface area contributed by atoms with Crippen molar-refractivity contribution < 1.29 is 22.7 Å². The fourth-order valence-corrected chi connectivity index (χ4v) is 4.71. The van der Waals surface area contributed by atoms with Crippen molar-refractivity contribution in [3.05, 3.63) is 90.5 Å². The molecule has 2 N–H and O–H groups in total. The third kappa shape index (κ3) is 5.55. The van der Waals surface area contributed by atoms with Crippen LogP contribution in [-0.2, 0) is 10.0 Å². The number of sulfonamides is 1. The predicted octanol–water partition coefficient (Wildman–Crippen LogP) is 5.69. The van der Waals surface area contributed by atoms with E-state index in [9.17, 15) is 13.2 Å². The highest BCUT2D eigenvalue weighted by molar-refractivity contribution is 7.92. The number of hydrogen-bond donors (Lipinski definition) is 2. The molecule has 0 saturated carbocycles. The van der Waals surface area contributed by atoms with Crippen LogP contribution in [-0.4, -0.2) is 27.5 Å². The van der Waals surface area contributed by atoms with Crippen LogP contribution in [0.2, 0.25) is 0 Å². The van der Waals surface area contributed by atoms with Crippen LogP contribution in [0.3, 0.4) is 0 Å². The summed E-state index contributed by atoms with van der Waals surface area (Å²) in [6.45, 7) is 4.65. The molecule has 1 amide bonds. The molecule has 4 aromatic rings. The molecule has 0 spiro atoms. The van der Waals surface area contributed by atoms with Crippen molar-refractivity contribution in [2.45, 2.75) is 18.7 Å². The van der Waals surface area contributed by atoms with Gasteiger partial charge in [0.2, 0.25) is 0 Å². The Labute approximate surface area is 204 Å². The Morgan fingerprint density at radius 1 is 0.800 bits per heavy atom. The van der Waals surface area contributed by atoms with Crippen LogP contribution >= 0.6 is 0 Å². The van der Waals surface area contributed by atoms with Crippen molar-refractivity contribution in [1.82, 2.24) is 0 Å². The predicted molar refractivity (Wildman–Crippen MR) is 138 cm³/mol. The van der Waals surface area contributed by atoms with E-state index in [1.165, 1.54) is 12.1 Å². The summed E-state index contributed by atoms with van der Waals surface area (Å²) in [4.78, 5) is 12.8. The summed E-state index contributed by atoms with van der Waals surface area (Å²) in [5.74, 6) is 0.709. The third-order valence-corrected chi connectivity index (χ3v) is 6.64. The van der Waals surface area contributed by atoms with E-state index < -0.39 is 10.0 Å². The molecular formula is C27H26N2O5S. The summed E-state index contributed by atoms with van der Waals surface area (Å²) in [5, 5.41) is 4.53. The smallest absolute Gasteiger partial charge is 0.261 e. The van der Waals surface area contributed by atoms with Gasteiger partial charge in [0, 0.05) is 16.6 Å². The van der Waals surface area contributed by atoms with Crippen LogP contribution in [0.1, 0.15) is 24.2 Å². The Bertz CT molecular complexity index is 1450. The van der Waals surface area contributed by atoms with Gasteiger partial charge in [0.05, 0.1) is 23.8 Å². The molecule has 7 nitrogen and oxygen atoms in total. The second-order valence-electron chi connectivity index (χ2n) is 7.64. The SMILES string of the molecule is CCOc1ccc(C(=O)Nc2ccc(S(=O)(=O)Nc3cccc4ccccc34)cc2)cc1OCC. The van der Waals surface area contributed by atoms with E-state index >= 15 is 0 Å². The first-order chi connectivity index (χ1) is 16.9. The summed E-state index contributed by atoms with van der Waals surface area (Å²) in [5.41, 5.74) is 1.36. The van der Waals surface area contributed by atoms with Crippen molar-refractivity contribution in [1.29, 1.82) is 0 Å². The highest BCUT2D eigenvalue weighted by atomic mass is 32.2. The Balaban J connectivity index is 1.49. The molecule has 0 aromatic heterocycles. The van der Waals surface area contributed by atoms with Gasteiger partial charge < -0.3 is 14.8 Å². The molecule has 0 atom stereocenters. The van der Waals surface area contributed by atoms with Gasteiger partial charge in [-0.1, -0.05) is 36.4 Å². The molecule has 0 aliphatic rings. The number of fused-ring (bicyclic) bond motifs is 1. The maximum absolute atomic E-state index is 13.0. The number of carbonyl (C=O) groups excluding carboxylic acids is 1. The summed E-state index contributed by atoms with van der Waals surface area (Å²) >= 11 is 0. The minimum Gasteiger partial charge on any atom is -0.490 e. The molecule has 0 unspecified atom stereocenters. The van der Waals surface area contributed by atoms with E-state index in [-0.39, 0.29) is 10.8 Å². The lowest BCUT2D eigenvalue weighted by atomic mass is 10.1. The molecule has 4 aromatic carbocycles. The van der Waals surface area contributed by atoms with E-state index in [0.29, 0.717) is 41.7 Å². The zero-order valence-corrected chi connectivity index (χ0v) is 20.3. The van der Waals surface area contributed by atoms with Crippen molar-refractivity contribution in [2.24, 2.45) is 0 Å². The first-order valence-electron chi connectivity index (χ1n) is 11.2. The molecular weight excluding hydrogens is 464 g/mol. The van der Waals surface area contributed by atoms with Gasteiger partial charge in [-0.25, -0.2) is 8.42 Å². The molecule has 35 heavy (non-hydrogen) atoms. The van der Waals surface area contributed by atoms with E-state index in [1.807, 2.05) is 44.2 Å². The second kappa shape index (κ2) is 10.5. The molecule has 180 valence electrons. The monoisotopic (exact) mass is 490 g/mol. The van der Waals surface area contributed by atoms with Crippen molar-refractivity contribution in [2.75, 3.05) is 23.3 Å². The molecule has 0 heterocycles. The van der Waals surface area contributed by atoms with Gasteiger partial charge in [0.1, 0.15) is 0 Å². The number of nitrogens with one attached hydrogen (secondary N) is 2. The maximum Gasteiger partial charge on any atom is 0.261 e. The lowest BCUT2D eigenvalue weighted by Crippen LogP contribution is -2.14. The summed E-state index contributed by atoms with van der Waals surface area (Å²) < 4.78 is 39.7. The second-order valence-corrected chi connectivity index (χ2v) is 9.32. The molecule has 0 saturated heterocycles. The quantitative estimate of drug-likeness (QED) is 0.314. The topological polar surface area (TPSA) is 93.7 Å². The van der Waals surface area contributed by atoms with Crippen LogP contribution in [0.4, 0.5) is 11.4 Å². The first kappa shape index (κ1) is 24.1. The molecule has 8 heteroatoms. The van der Waals surface area contributed by atoms with Crippen LogP contribution in [0.25, 0.3) is 10.8 Å². The Morgan fingerprint density at radius 2 is 1.49 bits per heavy atom. The number of ether oxygens (including phenoxy) is 2. The average molecular weight is 491 g/mol. The normalized spacial score (nSPS) is 11.1. The molecule has 0 radical (unpaired) electrons. The Morgan fingerprint density at radius 3 is 2.23 bits per heavy atom. The van der Waals surface area contributed by atoms with Gasteiger partial charge in [-0.3, -0.25) is 9.52 Å². The average Bonchev–Trinajstić information content (AvgIpc) is 2.86. The number of hydrogen-bond acceptors (Lipinski definition) is 5. The van der Waals surface area contributed by atoms with Gasteiger partial charge >= 0.3 is 0 Å². The minimum absolute atomic E-state index is 0.0862. The molecule has 0 fully saturated rings. The summed E-state index contributed by atoms with van der Waals surface area (Å²) in [6.07, 6.45) is 0. The molecule has 0 bridgehead atoms. The summed E-state index contributed by atoms with van der Waals surface area (Å²) in [7, 11) is -3.82. The lowest BCUT2D eigenvalue weighted by Gasteiger charge is -2.13. The lowest BCUT2D eigenvalue weighted by molar-refractivity contribution is 0.102. The van der Waals surface area contributed by atoms with E-state index in [0.717, 1.165) is 10.8 Å². The van der Waals surface area contributed by atoms with Crippen LogP contribution in [0.5, 0.6) is 11.5 Å². The van der Waals surface area contributed by atoms with Gasteiger partial charge in [0.15, 0.2) is 11.5 Å². The first-order valence-corrected chi connectivity index (χ1v) is 12.7. The number of benzene rings is 4. The molecule has 0 aliphatic carbocycles. The highest BCUT2D eigenvalue weighted by Crippen LogP contribution is 2.29. The largest absolute Gasteiger partial charge is 0.490 e. The fourth-order valence-electron chi connectivity index (χ4n) is 3.63. The van der Waals surface area contributed by atoms with Gasteiger partial charge in [-0.05, 0) is 67.8 Å². The van der Waals surface area contributed by atoms with Gasteiger partial charge in [-0.15, -0.1) is 0 Å². The van der Waals surface area contributed by atoms with E-state index in [1.54, 1.807) is 42.5 Å².